The number of amides is 1. The number of aromatic nitrogens is 1. The van der Waals surface area contributed by atoms with E-state index in [2.05, 4.69) is 29.7 Å². The van der Waals surface area contributed by atoms with E-state index in [1.165, 1.54) is 29.1 Å². The predicted molar refractivity (Wildman–Crippen MR) is 121 cm³/mol. The average molecular weight is 442 g/mol. The normalized spacial score (nSPS) is 18.5. The number of nitrogens with one attached hydrogen (secondary N) is 2. The van der Waals surface area contributed by atoms with Gasteiger partial charge in [0.2, 0.25) is 0 Å². The maximum absolute atomic E-state index is 13.2. The highest BCUT2D eigenvalue weighted by Crippen LogP contribution is 2.25. The first kappa shape index (κ1) is 21.4. The van der Waals surface area contributed by atoms with E-state index in [4.69, 9.17) is 21.3 Å². The molecule has 4 rings (SSSR count). The van der Waals surface area contributed by atoms with Crippen LogP contribution < -0.4 is 15.4 Å². The third-order valence-electron chi connectivity index (χ3n) is 5.63. The van der Waals surface area contributed by atoms with Crippen LogP contribution in [0.25, 0.3) is 10.9 Å². The Labute approximate surface area is 186 Å². The van der Waals surface area contributed by atoms with Crippen molar-refractivity contribution in [3.05, 3.63) is 64.9 Å². The summed E-state index contributed by atoms with van der Waals surface area (Å²) in [6.07, 6.45) is 3.68. The van der Waals surface area contributed by atoms with Gasteiger partial charge in [0.15, 0.2) is 6.61 Å². The largest absolute Gasteiger partial charge is 0.484 e. The van der Waals surface area contributed by atoms with E-state index in [0.717, 1.165) is 37.0 Å². The number of halogens is 2. The highest BCUT2D eigenvalue weighted by atomic mass is 35.5. The van der Waals surface area contributed by atoms with E-state index in [0.29, 0.717) is 11.8 Å². The van der Waals surface area contributed by atoms with Gasteiger partial charge in [0, 0.05) is 23.5 Å². The Hall–Kier alpha value is -2.86. The van der Waals surface area contributed by atoms with Crippen molar-refractivity contribution < 1.29 is 13.9 Å². The minimum Gasteiger partial charge on any atom is -0.484 e. The molecule has 5 nitrogen and oxygen atoms in total. The number of pyridine rings is 1. The number of carbonyl (C=O) groups excluding carboxylic acids is 1. The van der Waals surface area contributed by atoms with Crippen molar-refractivity contribution in [2.45, 2.75) is 44.7 Å². The van der Waals surface area contributed by atoms with Crippen LogP contribution in [0.4, 0.5) is 10.2 Å². The van der Waals surface area contributed by atoms with Gasteiger partial charge in [-0.05, 0) is 62.4 Å². The molecule has 0 atom stereocenters. The molecule has 1 aromatic heterocycles. The molecule has 1 aliphatic carbocycles. The van der Waals surface area contributed by atoms with Gasteiger partial charge in [-0.3, -0.25) is 4.79 Å². The lowest BCUT2D eigenvalue weighted by atomic mass is 9.91. The van der Waals surface area contributed by atoms with Gasteiger partial charge in [-0.2, -0.15) is 0 Å². The van der Waals surface area contributed by atoms with E-state index in [9.17, 15) is 9.18 Å². The first-order valence-electron chi connectivity index (χ1n) is 10.5. The monoisotopic (exact) mass is 441 g/mol. The number of hydrogen-bond donors (Lipinski definition) is 2. The zero-order valence-electron chi connectivity index (χ0n) is 17.3. The Bertz CT molecular complexity index is 1080. The number of ether oxygens (including phenoxy) is 1. The molecule has 1 heterocycles. The molecule has 0 aliphatic heterocycles. The quantitative estimate of drug-likeness (QED) is 0.548. The molecule has 162 valence electrons. The van der Waals surface area contributed by atoms with Gasteiger partial charge in [0.25, 0.3) is 5.91 Å². The van der Waals surface area contributed by atoms with E-state index < -0.39 is 5.82 Å². The summed E-state index contributed by atoms with van der Waals surface area (Å²) < 4.78 is 18.6. The van der Waals surface area contributed by atoms with Gasteiger partial charge in [0.1, 0.15) is 17.4 Å². The Morgan fingerprint density at radius 3 is 2.65 bits per heavy atom. The van der Waals surface area contributed by atoms with Gasteiger partial charge < -0.3 is 15.4 Å². The molecule has 1 saturated carbocycles. The smallest absolute Gasteiger partial charge is 0.258 e. The predicted octanol–water partition coefficient (Wildman–Crippen LogP) is 5.25. The van der Waals surface area contributed by atoms with E-state index in [1.807, 2.05) is 18.2 Å². The number of anilines is 1. The van der Waals surface area contributed by atoms with Crippen LogP contribution >= 0.6 is 11.6 Å². The summed E-state index contributed by atoms with van der Waals surface area (Å²) in [5, 5.41) is 7.71. The number of rotatable bonds is 6. The van der Waals surface area contributed by atoms with Crippen LogP contribution in [0, 0.1) is 12.7 Å². The van der Waals surface area contributed by atoms with Crippen molar-refractivity contribution >= 4 is 34.2 Å². The molecule has 3 aromatic rings. The third-order valence-corrected chi connectivity index (χ3v) is 5.92. The summed E-state index contributed by atoms with van der Waals surface area (Å²) in [6.45, 7) is 1.98. The zero-order chi connectivity index (χ0) is 21.8. The number of nitrogens with zero attached hydrogens (tertiary/aromatic N) is 1. The molecule has 0 radical (unpaired) electrons. The number of benzene rings is 2. The van der Waals surface area contributed by atoms with Crippen LogP contribution in [0.1, 0.15) is 31.2 Å². The second-order valence-electron chi connectivity index (χ2n) is 7.97. The van der Waals surface area contributed by atoms with Crippen LogP contribution in [-0.4, -0.2) is 29.6 Å². The fourth-order valence-electron chi connectivity index (χ4n) is 4.00. The van der Waals surface area contributed by atoms with Gasteiger partial charge >= 0.3 is 0 Å². The van der Waals surface area contributed by atoms with Crippen molar-refractivity contribution in [3.8, 4) is 5.75 Å². The average Bonchev–Trinajstić information content (AvgIpc) is 2.76. The van der Waals surface area contributed by atoms with Crippen LogP contribution in [0.3, 0.4) is 0 Å². The Morgan fingerprint density at radius 1 is 1.13 bits per heavy atom. The number of carbonyl (C=O) groups is 1. The van der Waals surface area contributed by atoms with Crippen molar-refractivity contribution in [2.75, 3.05) is 11.9 Å². The van der Waals surface area contributed by atoms with Crippen molar-refractivity contribution in [2.24, 2.45) is 0 Å². The molecule has 1 amide bonds. The summed E-state index contributed by atoms with van der Waals surface area (Å²) in [6, 6.07) is 14.7. The van der Waals surface area contributed by atoms with Crippen LogP contribution in [-0.2, 0) is 4.79 Å². The topological polar surface area (TPSA) is 63.2 Å². The lowest BCUT2D eigenvalue weighted by Crippen LogP contribution is -2.42. The molecule has 31 heavy (non-hydrogen) atoms. The molecular weight excluding hydrogens is 417 g/mol. The molecule has 1 aliphatic rings. The van der Waals surface area contributed by atoms with Gasteiger partial charge in [0.05, 0.1) is 10.5 Å². The molecule has 0 saturated heterocycles. The lowest BCUT2D eigenvalue weighted by molar-refractivity contribution is -0.124. The van der Waals surface area contributed by atoms with E-state index in [-0.39, 0.29) is 23.6 Å². The maximum atomic E-state index is 13.2. The van der Waals surface area contributed by atoms with E-state index in [1.54, 1.807) is 0 Å². The first-order valence-corrected chi connectivity index (χ1v) is 10.9. The minimum atomic E-state index is -0.516. The highest BCUT2D eigenvalue weighted by Gasteiger charge is 2.23. The van der Waals surface area contributed by atoms with Crippen LogP contribution in [0.15, 0.2) is 48.5 Å². The SMILES string of the molecule is Cc1cc(NC2CCC(NC(=O)COc3ccc(F)c(Cl)c3)CC2)nc2ccccc12. The molecule has 2 N–H and O–H groups in total. The highest BCUT2D eigenvalue weighted by molar-refractivity contribution is 6.30. The lowest BCUT2D eigenvalue weighted by Gasteiger charge is -2.30. The second-order valence-corrected chi connectivity index (χ2v) is 8.37. The fourth-order valence-corrected chi connectivity index (χ4v) is 4.17. The summed E-state index contributed by atoms with van der Waals surface area (Å²) in [5.74, 6) is 0.559. The Morgan fingerprint density at radius 2 is 1.87 bits per heavy atom. The molecule has 0 spiro atoms. The number of fused-ring (bicyclic) bond motifs is 1. The van der Waals surface area contributed by atoms with Gasteiger partial charge in [-0.1, -0.05) is 29.8 Å². The maximum Gasteiger partial charge on any atom is 0.258 e. The van der Waals surface area contributed by atoms with Gasteiger partial charge in [-0.15, -0.1) is 0 Å². The Balaban J connectivity index is 1.24. The fraction of sp³-hybridized carbons (Fsp3) is 0.333. The summed E-state index contributed by atoms with van der Waals surface area (Å²) in [5.41, 5.74) is 2.20. The molecule has 0 bridgehead atoms. The van der Waals surface area contributed by atoms with Crippen LogP contribution in [0.5, 0.6) is 5.75 Å². The number of hydrogen-bond acceptors (Lipinski definition) is 4. The van der Waals surface area contributed by atoms with Crippen LogP contribution in [0.2, 0.25) is 5.02 Å². The number of para-hydroxylation sites is 1. The second kappa shape index (κ2) is 9.52. The summed E-state index contributed by atoms with van der Waals surface area (Å²) >= 11 is 5.73. The molecule has 7 heteroatoms. The molecule has 1 fully saturated rings. The van der Waals surface area contributed by atoms with Crippen molar-refractivity contribution in [3.63, 3.8) is 0 Å². The molecule has 2 aromatic carbocycles. The Kier molecular flexibility index (Phi) is 6.56. The van der Waals surface area contributed by atoms with E-state index >= 15 is 0 Å². The number of aryl methyl sites for hydroxylation is 1. The summed E-state index contributed by atoms with van der Waals surface area (Å²) in [7, 11) is 0. The summed E-state index contributed by atoms with van der Waals surface area (Å²) in [4.78, 5) is 16.9. The standard InChI is InChI=1S/C24H25ClFN3O2/c1-15-12-23(29-22-5-3-2-4-19(15)22)27-16-6-8-17(9-7-16)28-24(30)14-31-18-10-11-21(26)20(25)13-18/h2-5,10-13,16-17H,6-9,14H2,1H3,(H,27,29)(H,28,30). The van der Waals surface area contributed by atoms with Crippen molar-refractivity contribution in [1.82, 2.24) is 10.3 Å². The zero-order valence-corrected chi connectivity index (χ0v) is 18.1. The minimum absolute atomic E-state index is 0.0279. The molecular formula is C24H25ClFN3O2. The van der Waals surface area contributed by atoms with Gasteiger partial charge in [-0.25, -0.2) is 9.37 Å². The third kappa shape index (κ3) is 5.44. The van der Waals surface area contributed by atoms with Crippen molar-refractivity contribution in [1.29, 1.82) is 0 Å². The molecule has 0 unspecified atom stereocenters. The first-order chi connectivity index (χ1) is 15.0.